The molecule has 22 heavy (non-hydrogen) atoms. The van der Waals surface area contributed by atoms with Crippen LogP contribution in [-0.2, 0) is 18.1 Å². The van der Waals surface area contributed by atoms with Crippen molar-refractivity contribution in [3.8, 4) is 0 Å². The predicted octanol–water partition coefficient (Wildman–Crippen LogP) is 4.65. The molecule has 1 heterocycles. The molecule has 6 heteroatoms. The van der Waals surface area contributed by atoms with E-state index in [2.05, 4.69) is 6.92 Å². The highest BCUT2D eigenvalue weighted by Crippen LogP contribution is 2.33. The van der Waals surface area contributed by atoms with Gasteiger partial charge in [0.1, 0.15) is 0 Å². The summed E-state index contributed by atoms with van der Waals surface area (Å²) in [6, 6.07) is 0.850. The molecule has 0 aromatic heterocycles. The summed E-state index contributed by atoms with van der Waals surface area (Å²) >= 11 is 1.54. The van der Waals surface area contributed by atoms with E-state index in [0.717, 1.165) is 12.5 Å². The van der Waals surface area contributed by atoms with E-state index in [-0.39, 0.29) is 0 Å². The fourth-order valence-corrected chi connectivity index (χ4v) is 5.31. The third-order valence-electron chi connectivity index (χ3n) is 3.35. The van der Waals surface area contributed by atoms with Gasteiger partial charge in [-0.3, -0.25) is 4.79 Å². The standard InChI is InChI=1S/C8H20O3Si.C8H14OS/c1-5-9-12(8-4,10-6-2)11-7-3;1-2-3-4-5-7-6-8(9)10-7/h5-8H2,1-4H3;7H,2-6H2,1H3. The van der Waals surface area contributed by atoms with Gasteiger partial charge in [-0.2, -0.15) is 0 Å². The summed E-state index contributed by atoms with van der Waals surface area (Å²) in [4.78, 5) is 10.5. The monoisotopic (exact) mass is 350 g/mol. The quantitative estimate of drug-likeness (QED) is 0.401. The second kappa shape index (κ2) is 13.5. The highest BCUT2D eigenvalue weighted by atomic mass is 32.2. The Hall–Kier alpha value is 0.117. The second-order valence-electron chi connectivity index (χ2n) is 5.15. The first-order valence-corrected chi connectivity index (χ1v) is 11.5. The molecule has 4 nitrogen and oxygen atoms in total. The lowest BCUT2D eigenvalue weighted by molar-refractivity contribution is -0.112. The first kappa shape index (κ1) is 22.1. The number of unbranched alkanes of at least 4 members (excludes halogenated alkanes) is 2. The van der Waals surface area contributed by atoms with Crippen LogP contribution >= 0.6 is 11.8 Å². The van der Waals surface area contributed by atoms with E-state index in [4.69, 9.17) is 13.3 Å². The molecule has 1 saturated heterocycles. The lowest BCUT2D eigenvalue weighted by Crippen LogP contribution is -2.45. The van der Waals surface area contributed by atoms with E-state index in [1.807, 2.05) is 27.7 Å². The predicted molar refractivity (Wildman–Crippen MR) is 96.3 cm³/mol. The Labute approximate surface area is 142 Å². The highest BCUT2D eigenvalue weighted by Gasteiger charge is 2.37. The minimum Gasteiger partial charge on any atom is -0.374 e. The van der Waals surface area contributed by atoms with Crippen LogP contribution in [0.1, 0.15) is 66.7 Å². The topological polar surface area (TPSA) is 44.8 Å². The molecule has 1 unspecified atom stereocenters. The Bertz CT molecular complexity index is 264. The molecule has 1 fully saturated rings. The average Bonchev–Trinajstić information content (AvgIpc) is 2.47. The zero-order chi connectivity index (χ0) is 16.8. The molecular weight excluding hydrogens is 316 g/mol. The van der Waals surface area contributed by atoms with Crippen LogP contribution in [-0.4, -0.2) is 39.0 Å². The van der Waals surface area contributed by atoms with E-state index in [0.29, 0.717) is 30.2 Å². The SMILES string of the molecule is CCCCCC1CC(=O)S1.CCO[Si](CC)(OCC)OCC. The van der Waals surface area contributed by atoms with Crippen LogP contribution in [0.5, 0.6) is 0 Å². The van der Waals surface area contributed by atoms with Gasteiger partial charge in [0.2, 0.25) is 0 Å². The smallest absolute Gasteiger partial charge is 0.374 e. The maximum Gasteiger partial charge on any atom is 0.500 e. The van der Waals surface area contributed by atoms with E-state index >= 15 is 0 Å². The van der Waals surface area contributed by atoms with Crippen molar-refractivity contribution in [3.05, 3.63) is 0 Å². The summed E-state index contributed by atoms with van der Waals surface area (Å²) in [7, 11) is -2.27. The Morgan fingerprint density at radius 1 is 1.00 bits per heavy atom. The van der Waals surface area contributed by atoms with Crippen LogP contribution in [0.4, 0.5) is 0 Å². The first-order valence-electron chi connectivity index (χ1n) is 8.68. The van der Waals surface area contributed by atoms with Gasteiger partial charge in [0.25, 0.3) is 0 Å². The molecule has 0 spiro atoms. The highest BCUT2D eigenvalue weighted by molar-refractivity contribution is 8.16. The van der Waals surface area contributed by atoms with Crippen molar-refractivity contribution < 1.29 is 18.1 Å². The molecule has 0 aliphatic carbocycles. The van der Waals surface area contributed by atoms with E-state index in [1.165, 1.54) is 25.7 Å². The number of rotatable bonds is 11. The molecule has 0 radical (unpaired) electrons. The van der Waals surface area contributed by atoms with E-state index < -0.39 is 8.80 Å². The van der Waals surface area contributed by atoms with Crippen LogP contribution in [0.3, 0.4) is 0 Å². The Kier molecular flexibility index (Phi) is 13.6. The number of hydrogen-bond acceptors (Lipinski definition) is 5. The normalized spacial score (nSPS) is 17.7. The van der Waals surface area contributed by atoms with Gasteiger partial charge in [0.15, 0.2) is 5.12 Å². The fraction of sp³-hybridized carbons (Fsp3) is 0.938. The summed E-state index contributed by atoms with van der Waals surface area (Å²) < 4.78 is 16.7. The van der Waals surface area contributed by atoms with Crippen molar-refractivity contribution >= 4 is 25.7 Å². The zero-order valence-corrected chi connectivity index (χ0v) is 16.8. The Balaban J connectivity index is 0.000000406. The lowest BCUT2D eigenvalue weighted by atomic mass is 10.1. The first-order chi connectivity index (χ1) is 10.6. The fourth-order valence-electron chi connectivity index (χ4n) is 2.24. The van der Waals surface area contributed by atoms with Gasteiger partial charge >= 0.3 is 8.80 Å². The minimum atomic E-state index is -2.27. The average molecular weight is 351 g/mol. The minimum absolute atomic E-state index is 0.390. The molecule has 0 N–H and O–H groups in total. The maximum atomic E-state index is 10.5. The molecule has 1 aliphatic rings. The third-order valence-corrected chi connectivity index (χ3v) is 7.56. The molecule has 0 saturated carbocycles. The van der Waals surface area contributed by atoms with Crippen LogP contribution < -0.4 is 0 Å². The summed E-state index contributed by atoms with van der Waals surface area (Å²) in [5, 5.41) is 1.07. The summed E-state index contributed by atoms with van der Waals surface area (Å²) in [5.74, 6) is 0. The van der Waals surface area contributed by atoms with Gasteiger partial charge in [-0.15, -0.1) is 0 Å². The molecule has 0 aromatic carbocycles. The van der Waals surface area contributed by atoms with Crippen molar-refractivity contribution in [2.45, 2.75) is 78.0 Å². The molecular formula is C16H34O4SSi. The molecule has 0 amide bonds. The number of carbonyl (C=O) groups is 1. The van der Waals surface area contributed by atoms with Crippen LogP contribution in [0, 0.1) is 0 Å². The maximum absolute atomic E-state index is 10.5. The van der Waals surface area contributed by atoms with Crippen LogP contribution in [0.25, 0.3) is 0 Å². The molecule has 0 aromatic rings. The third kappa shape index (κ3) is 9.30. The lowest BCUT2D eigenvalue weighted by Gasteiger charge is -2.26. The summed E-state index contributed by atoms with van der Waals surface area (Å²) in [6.45, 7) is 12.2. The Morgan fingerprint density at radius 3 is 1.82 bits per heavy atom. The van der Waals surface area contributed by atoms with E-state index in [1.54, 1.807) is 11.8 Å². The molecule has 1 rings (SSSR count). The van der Waals surface area contributed by atoms with Gasteiger partial charge in [-0.05, 0) is 27.2 Å². The van der Waals surface area contributed by atoms with Crippen molar-refractivity contribution in [3.63, 3.8) is 0 Å². The van der Waals surface area contributed by atoms with Gasteiger partial charge in [-0.1, -0.05) is 44.9 Å². The zero-order valence-electron chi connectivity index (χ0n) is 15.0. The second-order valence-corrected chi connectivity index (χ2v) is 9.44. The number of carbonyl (C=O) groups excluding carboxylic acids is 1. The van der Waals surface area contributed by atoms with Crippen molar-refractivity contribution in [1.29, 1.82) is 0 Å². The number of hydrogen-bond donors (Lipinski definition) is 0. The van der Waals surface area contributed by atoms with Gasteiger partial charge in [-0.25, -0.2) is 0 Å². The summed E-state index contributed by atoms with van der Waals surface area (Å²) in [5.41, 5.74) is 0. The number of thioether (sulfide) groups is 1. The van der Waals surface area contributed by atoms with E-state index in [9.17, 15) is 4.79 Å². The van der Waals surface area contributed by atoms with Gasteiger partial charge in [0, 0.05) is 37.5 Å². The van der Waals surface area contributed by atoms with Gasteiger partial charge in [0.05, 0.1) is 0 Å². The Morgan fingerprint density at radius 2 is 1.50 bits per heavy atom. The molecule has 1 atom stereocenters. The largest absolute Gasteiger partial charge is 0.500 e. The summed E-state index contributed by atoms with van der Waals surface area (Å²) in [6.07, 6.45) is 6.01. The van der Waals surface area contributed by atoms with Crippen LogP contribution in [0.2, 0.25) is 6.04 Å². The van der Waals surface area contributed by atoms with Gasteiger partial charge < -0.3 is 13.3 Å². The molecule has 132 valence electrons. The van der Waals surface area contributed by atoms with Crippen molar-refractivity contribution in [2.24, 2.45) is 0 Å². The molecule has 0 bridgehead atoms. The van der Waals surface area contributed by atoms with Crippen molar-refractivity contribution in [2.75, 3.05) is 19.8 Å². The van der Waals surface area contributed by atoms with Crippen molar-refractivity contribution in [1.82, 2.24) is 0 Å². The van der Waals surface area contributed by atoms with Crippen LogP contribution in [0.15, 0.2) is 0 Å². The molecule has 1 aliphatic heterocycles.